The molecule has 1 aromatic heterocycles. The molecule has 1 atom stereocenters. The molecule has 1 unspecified atom stereocenters. The first-order valence-corrected chi connectivity index (χ1v) is 11.4. The van der Waals surface area contributed by atoms with E-state index in [0.717, 1.165) is 38.1 Å². The Hall–Kier alpha value is -1.85. The number of thiophene rings is 1. The van der Waals surface area contributed by atoms with Gasteiger partial charge in [0, 0.05) is 44.0 Å². The molecular formula is C23H32N4S. The second kappa shape index (κ2) is 9.57. The van der Waals surface area contributed by atoms with Gasteiger partial charge in [-0.25, -0.2) is 0 Å². The number of likely N-dealkylation sites (tertiary alicyclic amines) is 2. The predicted molar refractivity (Wildman–Crippen MR) is 119 cm³/mol. The van der Waals surface area contributed by atoms with E-state index >= 15 is 0 Å². The van der Waals surface area contributed by atoms with Crippen molar-refractivity contribution in [3.63, 3.8) is 0 Å². The van der Waals surface area contributed by atoms with Gasteiger partial charge in [0.2, 0.25) is 0 Å². The summed E-state index contributed by atoms with van der Waals surface area (Å²) in [6.07, 6.45) is 3.77. The van der Waals surface area contributed by atoms with Crippen LogP contribution < -0.4 is 5.32 Å². The number of hydrogen-bond acceptors (Lipinski definition) is 3. The van der Waals surface area contributed by atoms with Gasteiger partial charge in [0.1, 0.15) is 0 Å². The number of rotatable bonds is 5. The van der Waals surface area contributed by atoms with E-state index in [9.17, 15) is 0 Å². The quantitative estimate of drug-likeness (QED) is 0.612. The third kappa shape index (κ3) is 4.95. The number of nitrogens with zero attached hydrogens (tertiary/aromatic N) is 3. The fraction of sp³-hybridized carbons (Fsp3) is 0.522. The molecule has 2 aliphatic heterocycles. The van der Waals surface area contributed by atoms with Crippen molar-refractivity contribution in [2.45, 2.75) is 31.7 Å². The lowest BCUT2D eigenvalue weighted by Gasteiger charge is -2.32. The Morgan fingerprint density at radius 3 is 2.61 bits per heavy atom. The number of hydrogen-bond donors (Lipinski definition) is 1. The molecule has 0 bridgehead atoms. The molecule has 28 heavy (non-hydrogen) atoms. The Bertz CT molecular complexity index is 735. The van der Waals surface area contributed by atoms with Gasteiger partial charge in [-0.2, -0.15) is 0 Å². The molecule has 2 aliphatic rings. The van der Waals surface area contributed by atoms with Crippen LogP contribution >= 0.6 is 11.3 Å². The van der Waals surface area contributed by atoms with Crippen LogP contribution in [-0.4, -0.2) is 55.5 Å². The Labute approximate surface area is 173 Å². The SMILES string of the molecule is CN=C(NCC1CCN(Cc2cccs2)CC1)N1CCC(c2ccccc2)C1. The molecule has 1 N–H and O–H groups in total. The van der Waals surface area contributed by atoms with Crippen LogP contribution in [0.1, 0.15) is 35.6 Å². The van der Waals surface area contributed by atoms with Crippen molar-refractivity contribution in [2.24, 2.45) is 10.9 Å². The second-order valence-corrected chi connectivity index (χ2v) is 9.10. The lowest BCUT2D eigenvalue weighted by atomic mass is 9.97. The van der Waals surface area contributed by atoms with E-state index in [1.165, 1.54) is 42.8 Å². The Morgan fingerprint density at radius 2 is 1.89 bits per heavy atom. The average molecular weight is 397 g/mol. The summed E-state index contributed by atoms with van der Waals surface area (Å²) in [4.78, 5) is 11.1. The number of piperidine rings is 1. The van der Waals surface area contributed by atoms with E-state index in [2.05, 4.69) is 68.0 Å². The maximum absolute atomic E-state index is 4.57. The third-order valence-corrected chi connectivity index (χ3v) is 7.05. The maximum Gasteiger partial charge on any atom is 0.193 e. The largest absolute Gasteiger partial charge is 0.356 e. The molecule has 0 amide bonds. The van der Waals surface area contributed by atoms with Gasteiger partial charge in [0.25, 0.3) is 0 Å². The smallest absolute Gasteiger partial charge is 0.193 e. The first kappa shape index (κ1) is 19.5. The maximum atomic E-state index is 4.57. The molecule has 4 nitrogen and oxygen atoms in total. The van der Waals surface area contributed by atoms with Gasteiger partial charge >= 0.3 is 0 Å². The van der Waals surface area contributed by atoms with Crippen LogP contribution in [0.15, 0.2) is 52.8 Å². The van der Waals surface area contributed by atoms with Crippen molar-refractivity contribution in [3.05, 3.63) is 58.3 Å². The summed E-state index contributed by atoms with van der Waals surface area (Å²) in [7, 11) is 1.92. The fourth-order valence-electron chi connectivity index (χ4n) is 4.49. The summed E-state index contributed by atoms with van der Waals surface area (Å²) in [5.41, 5.74) is 1.46. The molecule has 2 saturated heterocycles. The van der Waals surface area contributed by atoms with Gasteiger partial charge in [0.15, 0.2) is 5.96 Å². The van der Waals surface area contributed by atoms with Crippen LogP contribution in [0.2, 0.25) is 0 Å². The van der Waals surface area contributed by atoms with Gasteiger partial charge in [-0.3, -0.25) is 9.89 Å². The molecule has 0 radical (unpaired) electrons. The van der Waals surface area contributed by atoms with Crippen molar-refractivity contribution >= 4 is 17.3 Å². The van der Waals surface area contributed by atoms with Crippen LogP contribution in [0.5, 0.6) is 0 Å². The fourth-order valence-corrected chi connectivity index (χ4v) is 5.24. The molecule has 3 heterocycles. The van der Waals surface area contributed by atoms with E-state index < -0.39 is 0 Å². The van der Waals surface area contributed by atoms with Crippen molar-refractivity contribution in [1.29, 1.82) is 0 Å². The first-order chi connectivity index (χ1) is 13.8. The van der Waals surface area contributed by atoms with Crippen molar-refractivity contribution < 1.29 is 0 Å². The van der Waals surface area contributed by atoms with Gasteiger partial charge in [-0.15, -0.1) is 11.3 Å². The minimum Gasteiger partial charge on any atom is -0.356 e. The number of aliphatic imine (C=N–C) groups is 1. The Morgan fingerprint density at radius 1 is 1.07 bits per heavy atom. The first-order valence-electron chi connectivity index (χ1n) is 10.6. The molecule has 4 rings (SSSR count). The lowest BCUT2D eigenvalue weighted by molar-refractivity contribution is 0.179. The summed E-state index contributed by atoms with van der Waals surface area (Å²) in [5.74, 6) is 2.46. The summed E-state index contributed by atoms with van der Waals surface area (Å²) in [6, 6.07) is 15.3. The number of benzene rings is 1. The second-order valence-electron chi connectivity index (χ2n) is 8.07. The number of nitrogens with one attached hydrogen (secondary N) is 1. The van der Waals surface area contributed by atoms with Crippen LogP contribution in [-0.2, 0) is 6.54 Å². The summed E-state index contributed by atoms with van der Waals surface area (Å²) >= 11 is 1.87. The van der Waals surface area contributed by atoms with E-state index in [0.29, 0.717) is 5.92 Å². The predicted octanol–water partition coefficient (Wildman–Crippen LogP) is 4.03. The van der Waals surface area contributed by atoms with Crippen LogP contribution in [0.25, 0.3) is 0 Å². The highest BCUT2D eigenvalue weighted by Crippen LogP contribution is 2.27. The highest BCUT2D eigenvalue weighted by atomic mass is 32.1. The van der Waals surface area contributed by atoms with Gasteiger partial charge in [0.05, 0.1) is 0 Å². The van der Waals surface area contributed by atoms with Crippen LogP contribution in [0.4, 0.5) is 0 Å². The Balaban J connectivity index is 1.21. The van der Waals surface area contributed by atoms with Gasteiger partial charge in [-0.05, 0) is 55.3 Å². The van der Waals surface area contributed by atoms with Crippen LogP contribution in [0, 0.1) is 5.92 Å². The zero-order valence-corrected chi connectivity index (χ0v) is 17.7. The van der Waals surface area contributed by atoms with Crippen molar-refractivity contribution in [2.75, 3.05) is 39.8 Å². The molecule has 5 heteroatoms. The van der Waals surface area contributed by atoms with E-state index in [1.54, 1.807) is 0 Å². The topological polar surface area (TPSA) is 30.9 Å². The molecule has 150 valence electrons. The zero-order valence-electron chi connectivity index (χ0n) is 16.9. The number of guanidine groups is 1. The molecule has 2 fully saturated rings. The Kier molecular flexibility index (Phi) is 6.65. The zero-order chi connectivity index (χ0) is 19.2. The highest BCUT2D eigenvalue weighted by Gasteiger charge is 2.26. The molecule has 1 aromatic carbocycles. The molecule has 0 saturated carbocycles. The summed E-state index contributed by atoms with van der Waals surface area (Å²) in [6.45, 7) is 6.76. The minimum absolute atomic E-state index is 0.625. The van der Waals surface area contributed by atoms with E-state index in [-0.39, 0.29) is 0 Å². The lowest BCUT2D eigenvalue weighted by Crippen LogP contribution is -2.44. The van der Waals surface area contributed by atoms with Gasteiger partial charge in [-0.1, -0.05) is 36.4 Å². The van der Waals surface area contributed by atoms with E-state index in [1.807, 2.05) is 18.4 Å². The summed E-state index contributed by atoms with van der Waals surface area (Å²) < 4.78 is 0. The van der Waals surface area contributed by atoms with E-state index in [4.69, 9.17) is 0 Å². The average Bonchev–Trinajstić information content (AvgIpc) is 3.43. The van der Waals surface area contributed by atoms with Gasteiger partial charge < -0.3 is 10.2 Å². The molecule has 0 aliphatic carbocycles. The van der Waals surface area contributed by atoms with Crippen molar-refractivity contribution in [1.82, 2.24) is 15.1 Å². The van der Waals surface area contributed by atoms with Crippen LogP contribution in [0.3, 0.4) is 0 Å². The monoisotopic (exact) mass is 396 g/mol. The standard InChI is InChI=1S/C23H32N4S/c1-24-23(27-14-11-21(17-27)20-6-3-2-4-7-20)25-16-19-9-12-26(13-10-19)18-22-8-5-15-28-22/h2-8,15,19,21H,9-14,16-18H2,1H3,(H,24,25). The molecular weight excluding hydrogens is 364 g/mol. The molecule has 0 spiro atoms. The normalized spacial score (nSPS) is 22.0. The molecule has 2 aromatic rings. The third-order valence-electron chi connectivity index (χ3n) is 6.19. The summed E-state index contributed by atoms with van der Waals surface area (Å²) in [5, 5.41) is 5.85. The minimum atomic E-state index is 0.625. The highest BCUT2D eigenvalue weighted by molar-refractivity contribution is 7.09. The van der Waals surface area contributed by atoms with Crippen molar-refractivity contribution in [3.8, 4) is 0 Å².